The van der Waals surface area contributed by atoms with Crippen molar-refractivity contribution >= 4 is 15.8 Å². The average molecular weight is 331 g/mol. The summed E-state index contributed by atoms with van der Waals surface area (Å²) < 4.78 is 32.9. The number of ether oxygens (including phenoxy) is 1. The molecule has 1 aliphatic rings. The molecular weight excluding hydrogens is 314 g/mol. The van der Waals surface area contributed by atoms with Crippen molar-refractivity contribution < 1.29 is 17.9 Å². The van der Waals surface area contributed by atoms with Crippen molar-refractivity contribution in [2.24, 2.45) is 0 Å². The molecule has 0 amide bonds. The molecule has 0 bridgehead atoms. The number of rotatable bonds is 5. The fourth-order valence-corrected chi connectivity index (χ4v) is 3.64. The summed E-state index contributed by atoms with van der Waals surface area (Å²) in [6.07, 6.45) is 0. The number of hydrogen-bond donors (Lipinski definition) is 1. The maximum Gasteiger partial charge on any atom is 0.240 e. The first-order chi connectivity index (χ1) is 11.0. The molecule has 5 nitrogen and oxygen atoms in total. The van der Waals surface area contributed by atoms with Gasteiger partial charge >= 0.3 is 0 Å². The molecule has 6 heteroatoms. The second-order valence-corrected chi connectivity index (χ2v) is 7.25. The highest BCUT2D eigenvalue weighted by Crippen LogP contribution is 2.33. The number of para-hydroxylation sites is 1. The van der Waals surface area contributed by atoms with Crippen LogP contribution in [0.15, 0.2) is 53.4 Å². The van der Waals surface area contributed by atoms with Crippen LogP contribution in [-0.2, 0) is 10.0 Å². The lowest BCUT2D eigenvalue weighted by Crippen LogP contribution is -2.29. The number of nitrogens with one attached hydrogen (secondary N) is 1. The van der Waals surface area contributed by atoms with Gasteiger partial charge in [-0.2, -0.15) is 0 Å². The fraction of sp³-hybridized carbons (Fsp3) is 0.235. The zero-order chi connectivity index (χ0) is 16.4. The number of fused-ring (bicyclic) bond motifs is 1. The minimum Gasteiger partial charge on any atom is -0.493 e. The Kier molecular flexibility index (Phi) is 4.19. The van der Waals surface area contributed by atoms with Gasteiger partial charge in [0, 0.05) is 23.6 Å². The van der Waals surface area contributed by atoms with Crippen molar-refractivity contribution in [3.8, 4) is 5.75 Å². The molecule has 1 N–H and O–H groups in total. The Morgan fingerprint density at radius 2 is 1.87 bits per heavy atom. The zero-order valence-electron chi connectivity index (χ0n) is 12.7. The molecule has 0 fully saturated rings. The summed E-state index contributed by atoms with van der Waals surface area (Å²) in [6.45, 7) is 2.18. The third kappa shape index (κ3) is 3.28. The Bertz CT molecular complexity index is 828. The van der Waals surface area contributed by atoms with Gasteiger partial charge < -0.3 is 4.74 Å². The molecule has 0 saturated carbocycles. The van der Waals surface area contributed by atoms with Crippen LogP contribution in [0.1, 0.15) is 28.8 Å². The maximum atomic E-state index is 12.3. The minimum absolute atomic E-state index is 0.00234. The van der Waals surface area contributed by atoms with Crippen molar-refractivity contribution in [3.63, 3.8) is 0 Å². The summed E-state index contributed by atoms with van der Waals surface area (Å²) in [4.78, 5) is 11.4. The van der Waals surface area contributed by atoms with Crippen molar-refractivity contribution in [1.29, 1.82) is 0 Å². The molecule has 1 heterocycles. The predicted molar refractivity (Wildman–Crippen MR) is 86.3 cm³/mol. The lowest BCUT2D eigenvalue weighted by molar-refractivity contribution is 0.101. The molecule has 23 heavy (non-hydrogen) atoms. The van der Waals surface area contributed by atoms with Crippen molar-refractivity contribution in [2.75, 3.05) is 13.2 Å². The molecule has 0 radical (unpaired) electrons. The monoisotopic (exact) mass is 331 g/mol. The van der Waals surface area contributed by atoms with Gasteiger partial charge in [-0.05, 0) is 25.1 Å². The molecule has 1 atom stereocenters. The average Bonchev–Trinajstić information content (AvgIpc) is 2.96. The molecule has 120 valence electrons. The van der Waals surface area contributed by atoms with Gasteiger partial charge in [-0.3, -0.25) is 4.79 Å². The Labute approximate surface area is 135 Å². The van der Waals surface area contributed by atoms with Crippen LogP contribution in [0.4, 0.5) is 0 Å². The van der Waals surface area contributed by atoms with Gasteiger partial charge in [-0.15, -0.1) is 0 Å². The molecule has 1 unspecified atom stereocenters. The van der Waals surface area contributed by atoms with Crippen LogP contribution in [0, 0.1) is 0 Å². The Morgan fingerprint density at radius 3 is 2.57 bits per heavy atom. The number of sulfonamides is 1. The molecule has 0 aromatic heterocycles. The predicted octanol–water partition coefficient (Wildman–Crippen LogP) is 2.34. The van der Waals surface area contributed by atoms with Crippen LogP contribution in [0.2, 0.25) is 0 Å². The SMILES string of the molecule is CC(=O)c1ccc(S(=O)(=O)NCC2COc3ccccc32)cc1. The first kappa shape index (κ1) is 15.7. The topological polar surface area (TPSA) is 72.5 Å². The van der Waals surface area contributed by atoms with Crippen LogP contribution in [-0.4, -0.2) is 27.4 Å². The highest BCUT2D eigenvalue weighted by molar-refractivity contribution is 7.89. The second-order valence-electron chi connectivity index (χ2n) is 5.48. The quantitative estimate of drug-likeness (QED) is 0.854. The Morgan fingerprint density at radius 1 is 1.17 bits per heavy atom. The first-order valence-electron chi connectivity index (χ1n) is 7.30. The van der Waals surface area contributed by atoms with Crippen molar-refractivity contribution in [3.05, 3.63) is 59.7 Å². The van der Waals surface area contributed by atoms with E-state index < -0.39 is 10.0 Å². The smallest absolute Gasteiger partial charge is 0.240 e. The third-order valence-electron chi connectivity index (χ3n) is 3.89. The molecule has 0 saturated heterocycles. The van der Waals surface area contributed by atoms with E-state index in [0.717, 1.165) is 11.3 Å². The van der Waals surface area contributed by atoms with Crippen molar-refractivity contribution in [2.45, 2.75) is 17.7 Å². The van der Waals surface area contributed by atoms with E-state index in [1.807, 2.05) is 24.3 Å². The van der Waals surface area contributed by atoms with Gasteiger partial charge in [0.1, 0.15) is 5.75 Å². The van der Waals surface area contributed by atoms with Gasteiger partial charge in [-0.25, -0.2) is 13.1 Å². The van der Waals surface area contributed by atoms with E-state index in [1.165, 1.54) is 31.2 Å². The zero-order valence-corrected chi connectivity index (χ0v) is 13.5. The van der Waals surface area contributed by atoms with Gasteiger partial charge in [0.05, 0.1) is 11.5 Å². The maximum absolute atomic E-state index is 12.3. The van der Waals surface area contributed by atoms with Gasteiger partial charge in [0.2, 0.25) is 10.0 Å². The van der Waals surface area contributed by atoms with Gasteiger partial charge in [-0.1, -0.05) is 30.3 Å². The summed E-state index contributed by atoms with van der Waals surface area (Å²) in [5.41, 5.74) is 1.50. The number of benzene rings is 2. The largest absolute Gasteiger partial charge is 0.493 e. The summed E-state index contributed by atoms with van der Waals surface area (Å²) in [7, 11) is -3.61. The molecule has 1 aliphatic heterocycles. The summed E-state index contributed by atoms with van der Waals surface area (Å²) in [6, 6.07) is 13.6. The summed E-state index contributed by atoms with van der Waals surface area (Å²) >= 11 is 0. The lowest BCUT2D eigenvalue weighted by atomic mass is 10.0. The second kappa shape index (κ2) is 6.14. The summed E-state index contributed by atoms with van der Waals surface area (Å²) in [5.74, 6) is 0.710. The normalized spacial score (nSPS) is 16.7. The highest BCUT2D eigenvalue weighted by atomic mass is 32.2. The Balaban J connectivity index is 1.71. The lowest BCUT2D eigenvalue weighted by Gasteiger charge is -2.11. The number of hydrogen-bond acceptors (Lipinski definition) is 4. The van der Waals surface area contributed by atoms with Crippen LogP contribution in [0.3, 0.4) is 0 Å². The molecule has 3 rings (SSSR count). The van der Waals surface area contributed by atoms with Crippen LogP contribution < -0.4 is 9.46 Å². The molecule has 2 aromatic carbocycles. The number of ketones is 1. The van der Waals surface area contributed by atoms with E-state index in [0.29, 0.717) is 12.2 Å². The standard InChI is InChI=1S/C17H17NO4S/c1-12(19)13-6-8-15(9-7-13)23(20,21)18-10-14-11-22-17-5-3-2-4-16(14)17/h2-9,14,18H,10-11H2,1H3. The molecule has 0 aliphatic carbocycles. The number of carbonyl (C=O) groups excluding carboxylic acids is 1. The van der Waals surface area contributed by atoms with E-state index in [4.69, 9.17) is 4.74 Å². The summed E-state index contributed by atoms with van der Waals surface area (Å²) in [5, 5.41) is 0. The minimum atomic E-state index is -3.61. The molecule has 0 spiro atoms. The van der Waals surface area contributed by atoms with E-state index in [2.05, 4.69) is 4.72 Å². The fourth-order valence-electron chi connectivity index (χ4n) is 2.56. The van der Waals surface area contributed by atoms with Crippen LogP contribution in [0.5, 0.6) is 5.75 Å². The van der Waals surface area contributed by atoms with E-state index in [9.17, 15) is 13.2 Å². The highest BCUT2D eigenvalue weighted by Gasteiger charge is 2.25. The number of Topliss-reactive ketones (excluding diaryl/α,β-unsaturated/α-hetero) is 1. The molecule has 2 aromatic rings. The van der Waals surface area contributed by atoms with Crippen LogP contribution >= 0.6 is 0 Å². The van der Waals surface area contributed by atoms with E-state index >= 15 is 0 Å². The third-order valence-corrected chi connectivity index (χ3v) is 5.33. The molecular formula is C17H17NO4S. The van der Waals surface area contributed by atoms with E-state index in [-0.39, 0.29) is 23.1 Å². The van der Waals surface area contributed by atoms with Crippen molar-refractivity contribution in [1.82, 2.24) is 4.72 Å². The first-order valence-corrected chi connectivity index (χ1v) is 8.78. The number of carbonyl (C=O) groups is 1. The van der Waals surface area contributed by atoms with Gasteiger partial charge in [0.25, 0.3) is 0 Å². The van der Waals surface area contributed by atoms with Crippen LogP contribution in [0.25, 0.3) is 0 Å². The van der Waals surface area contributed by atoms with Gasteiger partial charge in [0.15, 0.2) is 5.78 Å². The Hall–Kier alpha value is -2.18. The van der Waals surface area contributed by atoms with E-state index in [1.54, 1.807) is 0 Å².